The molecule has 2 N–H and O–H groups in total. The van der Waals surface area contributed by atoms with E-state index in [0.29, 0.717) is 12.2 Å². The molecule has 2 atom stereocenters. The minimum Gasteiger partial charge on any atom is -0.405 e. The Balaban J connectivity index is 1.71. The molecule has 3 rings (SSSR count). The van der Waals surface area contributed by atoms with Crippen LogP contribution in [0, 0.1) is 0 Å². The third-order valence-corrected chi connectivity index (χ3v) is 4.61. The second kappa shape index (κ2) is 6.30. The molecular weight excluding hydrogens is 311 g/mol. The van der Waals surface area contributed by atoms with Crippen molar-refractivity contribution in [1.29, 1.82) is 0 Å². The van der Waals surface area contributed by atoms with Gasteiger partial charge in [-0.1, -0.05) is 18.2 Å². The summed E-state index contributed by atoms with van der Waals surface area (Å²) in [4.78, 5) is 0. The number of ether oxygens (including phenoxy) is 2. The van der Waals surface area contributed by atoms with Crippen LogP contribution in [0.2, 0.25) is 0 Å². The smallest absolute Gasteiger partial charge is 0.405 e. The molecular formula is C16H20F3NO3. The van der Waals surface area contributed by atoms with Gasteiger partial charge in [0, 0.05) is 11.6 Å². The minimum absolute atomic E-state index is 0.0198. The van der Waals surface area contributed by atoms with Gasteiger partial charge in [0.05, 0.1) is 24.9 Å². The predicted octanol–water partition coefficient (Wildman–Crippen LogP) is 2.92. The maximum absolute atomic E-state index is 12.5. The van der Waals surface area contributed by atoms with Crippen LogP contribution in [0.3, 0.4) is 0 Å². The first-order valence-corrected chi connectivity index (χ1v) is 7.76. The zero-order chi connectivity index (χ0) is 16.5. The molecule has 0 bridgehead atoms. The lowest BCUT2D eigenvalue weighted by Crippen LogP contribution is -2.39. The highest BCUT2D eigenvalue weighted by Gasteiger charge is 2.45. The van der Waals surface area contributed by atoms with Crippen LogP contribution in [0.25, 0.3) is 0 Å². The van der Waals surface area contributed by atoms with Gasteiger partial charge in [0.25, 0.3) is 0 Å². The van der Waals surface area contributed by atoms with Crippen molar-refractivity contribution >= 4 is 0 Å². The molecule has 0 amide bonds. The number of aliphatic hydroxyl groups is 1. The van der Waals surface area contributed by atoms with Gasteiger partial charge in [-0.25, -0.2) is 0 Å². The molecule has 2 fully saturated rings. The van der Waals surface area contributed by atoms with E-state index in [4.69, 9.17) is 4.74 Å². The summed E-state index contributed by atoms with van der Waals surface area (Å²) in [7, 11) is 0. The SMILES string of the molecule is OCC(NC1COC2(CCC2)C1)c1ccccc1OC(F)(F)F. The molecule has 1 aliphatic carbocycles. The van der Waals surface area contributed by atoms with E-state index in [1.807, 2.05) is 0 Å². The second-order valence-electron chi connectivity index (χ2n) is 6.24. The molecule has 1 aliphatic heterocycles. The Hall–Kier alpha value is -1.31. The normalized spacial score (nSPS) is 24.4. The maximum Gasteiger partial charge on any atom is 0.573 e. The van der Waals surface area contributed by atoms with E-state index in [2.05, 4.69) is 10.1 Å². The zero-order valence-corrected chi connectivity index (χ0v) is 12.6. The van der Waals surface area contributed by atoms with Crippen molar-refractivity contribution in [3.05, 3.63) is 29.8 Å². The first kappa shape index (κ1) is 16.5. The van der Waals surface area contributed by atoms with Gasteiger partial charge in [0.1, 0.15) is 5.75 Å². The van der Waals surface area contributed by atoms with Crippen molar-refractivity contribution in [1.82, 2.24) is 5.32 Å². The molecule has 1 heterocycles. The van der Waals surface area contributed by atoms with Gasteiger partial charge < -0.3 is 19.9 Å². The maximum atomic E-state index is 12.5. The van der Waals surface area contributed by atoms with Gasteiger partial charge in [-0.05, 0) is 31.7 Å². The number of alkyl halides is 3. The Kier molecular flexibility index (Phi) is 4.53. The van der Waals surface area contributed by atoms with E-state index in [0.717, 1.165) is 25.7 Å². The van der Waals surface area contributed by atoms with E-state index in [1.165, 1.54) is 18.2 Å². The Morgan fingerprint density at radius 3 is 2.65 bits per heavy atom. The lowest BCUT2D eigenvalue weighted by atomic mass is 9.77. The molecule has 0 radical (unpaired) electrons. The van der Waals surface area contributed by atoms with Crippen molar-refractivity contribution in [2.75, 3.05) is 13.2 Å². The molecule has 1 saturated carbocycles. The van der Waals surface area contributed by atoms with Crippen molar-refractivity contribution in [2.45, 2.75) is 49.7 Å². The summed E-state index contributed by atoms with van der Waals surface area (Å²) in [6.07, 6.45) is -0.724. The van der Waals surface area contributed by atoms with E-state index in [-0.39, 0.29) is 24.0 Å². The average Bonchev–Trinajstić information content (AvgIpc) is 2.88. The van der Waals surface area contributed by atoms with Crippen LogP contribution in [-0.4, -0.2) is 36.3 Å². The molecule has 0 aromatic heterocycles. The van der Waals surface area contributed by atoms with Crippen molar-refractivity contribution in [3.63, 3.8) is 0 Å². The van der Waals surface area contributed by atoms with E-state index in [1.54, 1.807) is 6.07 Å². The summed E-state index contributed by atoms with van der Waals surface area (Å²) < 4.78 is 47.5. The van der Waals surface area contributed by atoms with Gasteiger partial charge in [-0.3, -0.25) is 0 Å². The van der Waals surface area contributed by atoms with Gasteiger partial charge >= 0.3 is 6.36 Å². The number of benzene rings is 1. The summed E-state index contributed by atoms with van der Waals surface area (Å²) in [5.41, 5.74) is 0.238. The lowest BCUT2D eigenvalue weighted by Gasteiger charge is -2.37. The highest BCUT2D eigenvalue weighted by molar-refractivity contribution is 5.36. The molecule has 2 unspecified atom stereocenters. The second-order valence-corrected chi connectivity index (χ2v) is 6.24. The Morgan fingerprint density at radius 1 is 1.35 bits per heavy atom. The average molecular weight is 331 g/mol. The molecule has 1 aromatic carbocycles. The molecule has 1 aromatic rings. The lowest BCUT2D eigenvalue weighted by molar-refractivity contribution is -0.275. The van der Waals surface area contributed by atoms with Crippen LogP contribution >= 0.6 is 0 Å². The van der Waals surface area contributed by atoms with Crippen LogP contribution in [0.15, 0.2) is 24.3 Å². The third-order valence-electron chi connectivity index (χ3n) is 4.61. The van der Waals surface area contributed by atoms with Gasteiger partial charge in [0.15, 0.2) is 0 Å². The molecule has 1 spiro atoms. The summed E-state index contributed by atoms with van der Waals surface area (Å²) in [5, 5.41) is 12.8. The summed E-state index contributed by atoms with van der Waals surface area (Å²) >= 11 is 0. The Labute approximate surface area is 132 Å². The fourth-order valence-corrected chi connectivity index (χ4v) is 3.38. The molecule has 1 saturated heterocycles. The van der Waals surface area contributed by atoms with Gasteiger partial charge in [0.2, 0.25) is 0 Å². The van der Waals surface area contributed by atoms with Crippen LogP contribution in [0.5, 0.6) is 5.75 Å². The molecule has 2 aliphatic rings. The zero-order valence-electron chi connectivity index (χ0n) is 12.6. The number of nitrogens with one attached hydrogen (secondary N) is 1. The van der Waals surface area contributed by atoms with Gasteiger partial charge in [-0.2, -0.15) is 0 Å². The van der Waals surface area contributed by atoms with Crippen LogP contribution in [-0.2, 0) is 4.74 Å². The van der Waals surface area contributed by atoms with Crippen molar-refractivity contribution < 1.29 is 27.8 Å². The van der Waals surface area contributed by atoms with Crippen molar-refractivity contribution in [3.8, 4) is 5.75 Å². The first-order valence-electron chi connectivity index (χ1n) is 7.76. The highest BCUT2D eigenvalue weighted by atomic mass is 19.4. The van der Waals surface area contributed by atoms with E-state index < -0.39 is 12.4 Å². The topological polar surface area (TPSA) is 50.7 Å². The van der Waals surface area contributed by atoms with Crippen LogP contribution in [0.4, 0.5) is 13.2 Å². The third kappa shape index (κ3) is 3.79. The summed E-state index contributed by atoms with van der Waals surface area (Å²) in [5.74, 6) is -0.288. The fraction of sp³-hybridized carbons (Fsp3) is 0.625. The number of hydrogen-bond donors (Lipinski definition) is 2. The summed E-state index contributed by atoms with van der Waals surface area (Å²) in [6.45, 7) is 0.195. The van der Waals surface area contributed by atoms with E-state index >= 15 is 0 Å². The number of aliphatic hydroxyl groups excluding tert-OH is 1. The van der Waals surface area contributed by atoms with Crippen LogP contribution < -0.4 is 10.1 Å². The molecule has 4 nitrogen and oxygen atoms in total. The molecule has 7 heteroatoms. The van der Waals surface area contributed by atoms with Crippen LogP contribution in [0.1, 0.15) is 37.3 Å². The molecule has 128 valence electrons. The van der Waals surface area contributed by atoms with Gasteiger partial charge in [-0.15, -0.1) is 13.2 Å². The highest BCUT2D eigenvalue weighted by Crippen LogP contribution is 2.43. The fourth-order valence-electron chi connectivity index (χ4n) is 3.38. The Bertz CT molecular complexity index is 546. The quantitative estimate of drug-likeness (QED) is 0.871. The standard InChI is InChI=1S/C16H20F3NO3/c17-16(18,19)23-14-5-2-1-4-12(14)13(9-21)20-11-8-15(22-10-11)6-3-7-15/h1-2,4-5,11,13,20-21H,3,6-10H2. The number of para-hydroxylation sites is 1. The minimum atomic E-state index is -4.76. The number of halogens is 3. The predicted molar refractivity (Wildman–Crippen MR) is 77.0 cm³/mol. The number of hydrogen-bond acceptors (Lipinski definition) is 4. The largest absolute Gasteiger partial charge is 0.573 e. The Morgan fingerprint density at radius 2 is 2.09 bits per heavy atom. The monoisotopic (exact) mass is 331 g/mol. The summed E-state index contributed by atoms with van der Waals surface area (Å²) in [6, 6.07) is 5.28. The molecule has 23 heavy (non-hydrogen) atoms. The van der Waals surface area contributed by atoms with E-state index in [9.17, 15) is 18.3 Å². The van der Waals surface area contributed by atoms with Crippen molar-refractivity contribution in [2.24, 2.45) is 0 Å². The first-order chi connectivity index (χ1) is 10.9. The number of rotatable bonds is 5.